The van der Waals surface area contributed by atoms with Crippen LogP contribution in [-0.2, 0) is 19.1 Å². The second-order valence-corrected chi connectivity index (χ2v) is 10.2. The Balaban J connectivity index is 1.70. The maximum Gasteiger partial charge on any atom is 0.326 e. The largest absolute Gasteiger partial charge is 0.493 e. The molecule has 1 N–H and O–H groups in total. The third kappa shape index (κ3) is 7.23. The third-order valence-corrected chi connectivity index (χ3v) is 6.47. The molecule has 0 aromatic heterocycles. The Kier molecular flexibility index (Phi) is 9.37. The van der Waals surface area contributed by atoms with Gasteiger partial charge in [-0.15, -0.1) is 0 Å². The number of hydrogen-bond acceptors (Lipinski definition) is 8. The van der Waals surface area contributed by atoms with Gasteiger partial charge in [0, 0.05) is 5.69 Å². The summed E-state index contributed by atoms with van der Waals surface area (Å²) in [4.78, 5) is 50.2. The number of amides is 3. The van der Waals surface area contributed by atoms with E-state index in [9.17, 15) is 19.2 Å². The molecule has 2 aromatic rings. The van der Waals surface area contributed by atoms with E-state index in [0.29, 0.717) is 26.3 Å². The fraction of sp³-hybridized carbons (Fsp3) is 0.280. The van der Waals surface area contributed by atoms with Gasteiger partial charge in [0.2, 0.25) is 0 Å². The second-order valence-electron chi connectivity index (χ2n) is 8.04. The number of thioether (sulfide) groups is 1. The van der Waals surface area contributed by atoms with E-state index in [1.165, 1.54) is 13.2 Å². The predicted octanol–water partition coefficient (Wildman–Crippen LogP) is 4.61. The van der Waals surface area contributed by atoms with Crippen LogP contribution in [0.5, 0.6) is 11.5 Å². The van der Waals surface area contributed by atoms with E-state index in [0.717, 1.165) is 22.2 Å². The Bertz CT molecular complexity index is 1210. The van der Waals surface area contributed by atoms with Gasteiger partial charge in [0.25, 0.3) is 17.1 Å². The van der Waals surface area contributed by atoms with Crippen LogP contribution in [0.3, 0.4) is 0 Å². The molecule has 36 heavy (non-hydrogen) atoms. The second kappa shape index (κ2) is 12.3. The average Bonchev–Trinajstić information content (AvgIpc) is 3.06. The number of nitrogens with one attached hydrogen (secondary N) is 1. The Morgan fingerprint density at radius 3 is 2.50 bits per heavy atom. The van der Waals surface area contributed by atoms with Crippen LogP contribution in [-0.4, -0.2) is 54.3 Å². The van der Waals surface area contributed by atoms with Crippen LogP contribution < -0.4 is 14.8 Å². The number of aryl methyl sites for hydroxylation is 1. The summed E-state index contributed by atoms with van der Waals surface area (Å²) in [6.07, 6.45) is 1.19. The molecule has 3 rings (SSSR count). The fourth-order valence-corrected chi connectivity index (χ4v) is 4.77. The van der Waals surface area contributed by atoms with E-state index in [-0.39, 0.29) is 23.5 Å². The van der Waals surface area contributed by atoms with Gasteiger partial charge in [-0.1, -0.05) is 17.7 Å². The smallest absolute Gasteiger partial charge is 0.326 e. The summed E-state index contributed by atoms with van der Waals surface area (Å²) in [6, 6.07) is 10.8. The van der Waals surface area contributed by atoms with Gasteiger partial charge in [0.15, 0.2) is 18.1 Å². The van der Waals surface area contributed by atoms with Crippen LogP contribution in [0, 0.1) is 10.5 Å². The molecule has 1 aliphatic heterocycles. The first-order valence-electron chi connectivity index (χ1n) is 10.9. The lowest BCUT2D eigenvalue weighted by Crippen LogP contribution is -2.35. The van der Waals surface area contributed by atoms with Crippen molar-refractivity contribution >= 4 is 69.1 Å². The van der Waals surface area contributed by atoms with E-state index in [1.54, 1.807) is 38.1 Å². The van der Waals surface area contributed by atoms with Crippen LogP contribution >= 0.6 is 34.4 Å². The molecular weight excluding hydrogens is 599 g/mol. The molecule has 3 amide bonds. The molecule has 0 saturated carbocycles. The number of ether oxygens (including phenoxy) is 3. The van der Waals surface area contributed by atoms with Crippen molar-refractivity contribution in [1.29, 1.82) is 0 Å². The SMILES string of the molecule is COc1cc(/C=C2/SC(=O)N(CC(=O)OC(C)C)C2=O)cc(I)c1OCC(=O)Nc1ccc(C)cc1. The van der Waals surface area contributed by atoms with Crippen LogP contribution in [0.4, 0.5) is 10.5 Å². The predicted molar refractivity (Wildman–Crippen MR) is 145 cm³/mol. The molecule has 9 nitrogen and oxygen atoms in total. The van der Waals surface area contributed by atoms with Gasteiger partial charge in [0.1, 0.15) is 6.54 Å². The van der Waals surface area contributed by atoms with Gasteiger partial charge in [-0.3, -0.25) is 24.1 Å². The number of esters is 1. The number of carbonyl (C=O) groups excluding carboxylic acids is 4. The number of carbonyl (C=O) groups is 4. The Hall–Kier alpha value is -3.06. The lowest BCUT2D eigenvalue weighted by molar-refractivity contribution is -0.149. The summed E-state index contributed by atoms with van der Waals surface area (Å²) >= 11 is 2.78. The summed E-state index contributed by atoms with van der Waals surface area (Å²) in [5.41, 5.74) is 2.34. The molecule has 11 heteroatoms. The van der Waals surface area contributed by atoms with Gasteiger partial charge < -0.3 is 19.5 Å². The van der Waals surface area contributed by atoms with E-state index < -0.39 is 23.7 Å². The number of rotatable bonds is 9. The molecule has 0 spiro atoms. The molecular formula is C25H25IN2O7S. The van der Waals surface area contributed by atoms with Crippen molar-refractivity contribution in [3.63, 3.8) is 0 Å². The minimum absolute atomic E-state index is 0.168. The summed E-state index contributed by atoms with van der Waals surface area (Å²) in [5, 5.41) is 2.22. The molecule has 2 aromatic carbocycles. The van der Waals surface area contributed by atoms with Gasteiger partial charge in [-0.2, -0.15) is 0 Å². The number of anilines is 1. The summed E-state index contributed by atoms with van der Waals surface area (Å²) < 4.78 is 16.8. The maximum absolute atomic E-state index is 12.7. The Morgan fingerprint density at radius 1 is 1.17 bits per heavy atom. The van der Waals surface area contributed by atoms with Gasteiger partial charge >= 0.3 is 5.97 Å². The van der Waals surface area contributed by atoms with Crippen LogP contribution in [0.2, 0.25) is 0 Å². The highest BCUT2D eigenvalue weighted by Gasteiger charge is 2.36. The normalized spacial score (nSPS) is 14.4. The van der Waals surface area contributed by atoms with Crippen LogP contribution in [0.15, 0.2) is 41.3 Å². The molecule has 1 fully saturated rings. The van der Waals surface area contributed by atoms with Crippen LogP contribution in [0.25, 0.3) is 6.08 Å². The zero-order chi connectivity index (χ0) is 26.4. The minimum Gasteiger partial charge on any atom is -0.493 e. The van der Waals surface area contributed by atoms with Gasteiger partial charge in [0.05, 0.1) is 21.7 Å². The number of methoxy groups -OCH3 is 1. The molecule has 190 valence electrons. The summed E-state index contributed by atoms with van der Waals surface area (Å²) in [6.45, 7) is 4.65. The van der Waals surface area contributed by atoms with E-state index in [1.807, 2.05) is 41.6 Å². The van der Waals surface area contributed by atoms with Crippen molar-refractivity contribution in [1.82, 2.24) is 4.90 Å². The third-order valence-electron chi connectivity index (χ3n) is 4.76. The lowest BCUT2D eigenvalue weighted by Gasteiger charge is -2.14. The van der Waals surface area contributed by atoms with Crippen molar-refractivity contribution in [3.8, 4) is 11.5 Å². The number of benzene rings is 2. The van der Waals surface area contributed by atoms with Gasteiger partial charge in [-0.05, 0) is 91.0 Å². The minimum atomic E-state index is -0.655. The summed E-state index contributed by atoms with van der Waals surface area (Å²) in [5.74, 6) is -0.828. The number of hydrogen-bond donors (Lipinski definition) is 1. The first-order chi connectivity index (χ1) is 17.1. The van der Waals surface area contributed by atoms with E-state index in [4.69, 9.17) is 14.2 Å². The number of halogens is 1. The number of nitrogens with zero attached hydrogens (tertiary/aromatic N) is 1. The average molecular weight is 624 g/mol. The van der Waals surface area contributed by atoms with Crippen molar-refractivity contribution in [2.24, 2.45) is 0 Å². The molecule has 0 radical (unpaired) electrons. The quantitative estimate of drug-likeness (QED) is 0.245. The first-order valence-corrected chi connectivity index (χ1v) is 12.8. The van der Waals surface area contributed by atoms with Crippen molar-refractivity contribution in [2.75, 3.05) is 25.6 Å². The summed E-state index contributed by atoms with van der Waals surface area (Å²) in [7, 11) is 1.46. The molecule has 1 saturated heterocycles. The lowest BCUT2D eigenvalue weighted by atomic mass is 10.2. The van der Waals surface area contributed by atoms with E-state index >= 15 is 0 Å². The molecule has 0 atom stereocenters. The fourth-order valence-electron chi connectivity index (χ4n) is 3.15. The molecule has 0 aliphatic carbocycles. The highest BCUT2D eigenvalue weighted by molar-refractivity contribution is 14.1. The molecule has 1 aliphatic rings. The number of imide groups is 1. The highest BCUT2D eigenvalue weighted by atomic mass is 127. The molecule has 1 heterocycles. The van der Waals surface area contributed by atoms with Crippen molar-refractivity contribution in [2.45, 2.75) is 26.9 Å². The van der Waals surface area contributed by atoms with Crippen molar-refractivity contribution in [3.05, 3.63) is 56.0 Å². The van der Waals surface area contributed by atoms with E-state index in [2.05, 4.69) is 5.32 Å². The molecule has 0 bridgehead atoms. The zero-order valence-electron chi connectivity index (χ0n) is 20.1. The maximum atomic E-state index is 12.7. The highest BCUT2D eigenvalue weighted by Crippen LogP contribution is 2.37. The Morgan fingerprint density at radius 2 is 1.86 bits per heavy atom. The van der Waals surface area contributed by atoms with Gasteiger partial charge in [-0.25, -0.2) is 0 Å². The Labute approximate surface area is 226 Å². The standard InChI is InChI=1S/C25H25IN2O7S/c1-14(2)35-22(30)12-28-24(31)20(36-25(28)32)11-16-9-18(26)23(19(10-16)33-4)34-13-21(29)27-17-7-5-15(3)6-8-17/h5-11,14H,12-13H2,1-4H3,(H,27,29)/b20-11+. The zero-order valence-corrected chi connectivity index (χ0v) is 23.1. The van der Waals surface area contributed by atoms with Crippen molar-refractivity contribution < 1.29 is 33.4 Å². The molecule has 0 unspecified atom stereocenters. The monoisotopic (exact) mass is 624 g/mol. The van der Waals surface area contributed by atoms with Crippen LogP contribution in [0.1, 0.15) is 25.0 Å². The first kappa shape index (κ1) is 27.5. The topological polar surface area (TPSA) is 111 Å².